The summed E-state index contributed by atoms with van der Waals surface area (Å²) in [5, 5.41) is 13.6. The Labute approximate surface area is 183 Å². The van der Waals surface area contributed by atoms with E-state index < -0.39 is 6.10 Å². The van der Waals surface area contributed by atoms with Crippen molar-refractivity contribution < 1.29 is 14.2 Å². The van der Waals surface area contributed by atoms with E-state index in [1.54, 1.807) is 6.07 Å². The second-order valence-electron chi connectivity index (χ2n) is 6.45. The van der Waals surface area contributed by atoms with E-state index in [1.165, 1.54) is 13.2 Å². The first kappa shape index (κ1) is 24.2. The Balaban J connectivity index is 0.00000392. The third-order valence-corrected chi connectivity index (χ3v) is 4.21. The molecule has 0 aromatic heterocycles. The molecule has 7 heteroatoms. The molecule has 0 radical (unpaired) electrons. The molecule has 0 bridgehead atoms. The van der Waals surface area contributed by atoms with Gasteiger partial charge in [0.1, 0.15) is 0 Å². The Bertz CT molecular complexity index is 769. The zero-order valence-electron chi connectivity index (χ0n) is 16.8. The summed E-state index contributed by atoms with van der Waals surface area (Å²) >= 11 is 0. The molecule has 2 aromatic rings. The molecule has 0 spiro atoms. The highest BCUT2D eigenvalue weighted by Crippen LogP contribution is 2.19. The maximum atomic E-state index is 13.9. The van der Waals surface area contributed by atoms with Gasteiger partial charge in [-0.05, 0) is 37.1 Å². The van der Waals surface area contributed by atoms with Crippen LogP contribution in [0.25, 0.3) is 0 Å². The van der Waals surface area contributed by atoms with E-state index in [1.807, 2.05) is 56.1 Å². The number of benzene rings is 2. The summed E-state index contributed by atoms with van der Waals surface area (Å²) in [6, 6.07) is 12.7. The van der Waals surface area contributed by atoms with Crippen molar-refractivity contribution in [2.75, 3.05) is 27.2 Å². The maximum Gasteiger partial charge on any atom is 0.194 e. The zero-order valence-corrected chi connectivity index (χ0v) is 19.1. The minimum Gasteiger partial charge on any atom is -0.494 e. The molecule has 1 unspecified atom stereocenters. The number of guanidine groups is 1. The molecule has 1 atom stereocenters. The number of rotatable bonds is 7. The molecule has 0 fully saturated rings. The standard InChI is InChI=1S/C21H28FN3O2.HI/c1-5-23-21(24-13-19(26)17-9-6-15(2)7-10-17)25(3)14-16-8-11-20(27-4)18(22)12-16;/h6-12,19,26H,5,13-14H2,1-4H3,(H,23,24);1H. The number of halogens is 2. The van der Waals surface area contributed by atoms with Crippen molar-refractivity contribution in [1.82, 2.24) is 10.2 Å². The number of aliphatic imine (C=N–C) groups is 1. The van der Waals surface area contributed by atoms with E-state index in [-0.39, 0.29) is 42.1 Å². The maximum absolute atomic E-state index is 13.9. The van der Waals surface area contributed by atoms with Crippen molar-refractivity contribution in [2.45, 2.75) is 26.5 Å². The fraction of sp³-hybridized carbons (Fsp3) is 0.381. The van der Waals surface area contributed by atoms with Crippen molar-refractivity contribution in [3.63, 3.8) is 0 Å². The van der Waals surface area contributed by atoms with Crippen LogP contribution in [0.15, 0.2) is 47.5 Å². The predicted molar refractivity (Wildman–Crippen MR) is 122 cm³/mol. The second-order valence-corrected chi connectivity index (χ2v) is 6.45. The lowest BCUT2D eigenvalue weighted by atomic mass is 10.1. The van der Waals surface area contributed by atoms with Crippen LogP contribution < -0.4 is 10.1 Å². The predicted octanol–water partition coefficient (Wildman–Crippen LogP) is 3.89. The highest BCUT2D eigenvalue weighted by molar-refractivity contribution is 14.0. The molecular formula is C21H29FIN3O2. The minimum atomic E-state index is -0.675. The van der Waals surface area contributed by atoms with E-state index >= 15 is 0 Å². The van der Waals surface area contributed by atoms with E-state index in [2.05, 4.69) is 10.3 Å². The summed E-state index contributed by atoms with van der Waals surface area (Å²) in [5.74, 6) is 0.489. The van der Waals surface area contributed by atoms with E-state index in [4.69, 9.17) is 4.74 Å². The van der Waals surface area contributed by atoms with E-state index in [9.17, 15) is 9.50 Å². The van der Waals surface area contributed by atoms with Crippen LogP contribution in [-0.2, 0) is 6.54 Å². The van der Waals surface area contributed by atoms with Crippen LogP contribution in [0.4, 0.5) is 4.39 Å². The van der Waals surface area contributed by atoms with Gasteiger partial charge in [-0.2, -0.15) is 0 Å². The Hall–Kier alpha value is -1.87. The number of hydrogen-bond acceptors (Lipinski definition) is 3. The van der Waals surface area contributed by atoms with Crippen molar-refractivity contribution in [1.29, 1.82) is 0 Å². The second kappa shape index (κ2) is 11.9. The molecule has 0 saturated heterocycles. The van der Waals surface area contributed by atoms with E-state index in [0.29, 0.717) is 19.0 Å². The van der Waals surface area contributed by atoms with Crippen molar-refractivity contribution >= 4 is 29.9 Å². The van der Waals surface area contributed by atoms with Gasteiger partial charge < -0.3 is 20.1 Å². The molecular weight excluding hydrogens is 472 g/mol. The summed E-state index contributed by atoms with van der Waals surface area (Å²) in [7, 11) is 3.32. The first-order chi connectivity index (χ1) is 12.9. The molecule has 2 N–H and O–H groups in total. The van der Waals surface area contributed by atoms with Crippen LogP contribution in [0, 0.1) is 12.7 Å². The molecule has 0 aliphatic carbocycles. The summed E-state index contributed by atoms with van der Waals surface area (Å²) in [4.78, 5) is 6.42. The normalized spacial score (nSPS) is 12.1. The Morgan fingerprint density at radius 1 is 1.25 bits per heavy atom. The lowest BCUT2D eigenvalue weighted by molar-refractivity contribution is 0.186. The van der Waals surface area contributed by atoms with Crippen molar-refractivity contribution in [3.05, 3.63) is 65.0 Å². The van der Waals surface area contributed by atoms with Crippen LogP contribution in [0.1, 0.15) is 29.7 Å². The lowest BCUT2D eigenvalue weighted by Crippen LogP contribution is -2.38. The van der Waals surface area contributed by atoms with Crippen LogP contribution in [-0.4, -0.2) is 43.2 Å². The van der Waals surface area contributed by atoms with Gasteiger partial charge in [-0.3, -0.25) is 4.99 Å². The number of methoxy groups -OCH3 is 1. The molecule has 28 heavy (non-hydrogen) atoms. The first-order valence-electron chi connectivity index (χ1n) is 9.01. The number of nitrogens with zero attached hydrogens (tertiary/aromatic N) is 2. The third kappa shape index (κ3) is 6.94. The van der Waals surface area contributed by atoms with Gasteiger partial charge in [0.05, 0.1) is 19.8 Å². The topological polar surface area (TPSA) is 57.1 Å². The molecule has 0 aliphatic rings. The molecule has 5 nitrogen and oxygen atoms in total. The molecule has 2 rings (SSSR count). The van der Waals surface area contributed by atoms with Gasteiger partial charge in [-0.15, -0.1) is 24.0 Å². The number of aliphatic hydroxyl groups is 1. The van der Waals surface area contributed by atoms with Gasteiger partial charge in [-0.25, -0.2) is 4.39 Å². The van der Waals surface area contributed by atoms with Gasteiger partial charge in [0, 0.05) is 20.1 Å². The largest absolute Gasteiger partial charge is 0.494 e. The van der Waals surface area contributed by atoms with Gasteiger partial charge >= 0.3 is 0 Å². The molecule has 154 valence electrons. The highest BCUT2D eigenvalue weighted by atomic mass is 127. The number of hydrogen-bond donors (Lipinski definition) is 2. The van der Waals surface area contributed by atoms with Gasteiger partial charge in [0.2, 0.25) is 0 Å². The zero-order chi connectivity index (χ0) is 19.8. The Kier molecular flexibility index (Phi) is 10.2. The van der Waals surface area contributed by atoms with Crippen LogP contribution in [0.3, 0.4) is 0 Å². The number of ether oxygens (including phenoxy) is 1. The van der Waals surface area contributed by atoms with E-state index in [0.717, 1.165) is 16.7 Å². The summed E-state index contributed by atoms with van der Waals surface area (Å²) < 4.78 is 18.9. The third-order valence-electron chi connectivity index (χ3n) is 4.21. The average Bonchev–Trinajstić information content (AvgIpc) is 2.65. The molecule has 0 saturated carbocycles. The van der Waals surface area contributed by atoms with Crippen LogP contribution in [0.2, 0.25) is 0 Å². The molecule has 0 heterocycles. The summed E-state index contributed by atoms with van der Waals surface area (Å²) in [5.41, 5.74) is 2.79. The number of nitrogens with one attached hydrogen (secondary N) is 1. The Morgan fingerprint density at radius 2 is 1.93 bits per heavy atom. The van der Waals surface area contributed by atoms with Gasteiger partial charge in [-0.1, -0.05) is 35.9 Å². The Morgan fingerprint density at radius 3 is 2.50 bits per heavy atom. The highest BCUT2D eigenvalue weighted by Gasteiger charge is 2.11. The van der Waals surface area contributed by atoms with Gasteiger partial charge in [0.25, 0.3) is 0 Å². The van der Waals surface area contributed by atoms with Crippen molar-refractivity contribution in [2.24, 2.45) is 4.99 Å². The number of aliphatic hydroxyl groups excluding tert-OH is 1. The average molecular weight is 501 g/mol. The quantitative estimate of drug-likeness (QED) is 0.344. The molecule has 0 aliphatic heterocycles. The first-order valence-corrected chi connectivity index (χ1v) is 9.01. The summed E-state index contributed by atoms with van der Waals surface area (Å²) in [6.07, 6.45) is -0.675. The van der Waals surface area contributed by atoms with Crippen LogP contribution >= 0.6 is 24.0 Å². The SMILES string of the molecule is CCNC(=NCC(O)c1ccc(C)cc1)N(C)Cc1ccc(OC)c(F)c1.I. The fourth-order valence-electron chi connectivity index (χ4n) is 2.69. The molecule has 2 aromatic carbocycles. The monoisotopic (exact) mass is 501 g/mol. The van der Waals surface area contributed by atoms with Crippen molar-refractivity contribution in [3.8, 4) is 5.75 Å². The summed E-state index contributed by atoms with van der Waals surface area (Å²) in [6.45, 7) is 5.40. The molecule has 0 amide bonds. The number of aryl methyl sites for hydroxylation is 1. The minimum absolute atomic E-state index is 0. The fourth-order valence-corrected chi connectivity index (χ4v) is 2.69. The smallest absolute Gasteiger partial charge is 0.194 e. The van der Waals surface area contributed by atoms with Gasteiger partial charge in [0.15, 0.2) is 17.5 Å². The lowest BCUT2D eigenvalue weighted by Gasteiger charge is -2.23. The van der Waals surface area contributed by atoms with Crippen LogP contribution in [0.5, 0.6) is 5.75 Å².